The summed E-state index contributed by atoms with van der Waals surface area (Å²) >= 11 is 6.23. The van der Waals surface area contributed by atoms with Gasteiger partial charge in [-0.2, -0.15) is 0 Å². The van der Waals surface area contributed by atoms with Crippen molar-refractivity contribution in [3.8, 4) is 5.75 Å². The second kappa shape index (κ2) is 9.60. The first kappa shape index (κ1) is 19.5. The van der Waals surface area contributed by atoms with Crippen LogP contribution in [0.3, 0.4) is 0 Å². The number of likely N-dealkylation sites (tertiary alicyclic amines) is 1. The van der Waals surface area contributed by atoms with Crippen molar-refractivity contribution in [1.29, 1.82) is 0 Å². The van der Waals surface area contributed by atoms with Crippen molar-refractivity contribution in [3.63, 3.8) is 0 Å². The van der Waals surface area contributed by atoms with E-state index in [4.69, 9.17) is 26.2 Å². The fourth-order valence-corrected chi connectivity index (χ4v) is 2.89. The standard InChI is InChI=1S/C17H23ClN2O5/c1-24-9-6-19-17(23)12-2-3-15(14(18)10-12)25-13-4-7-20(8-5-13)11-16(21)22/h2-3,10,13H,4-9,11H2,1H3,(H,19,23)(H,21,22). The van der Waals surface area contributed by atoms with Gasteiger partial charge in [0.25, 0.3) is 5.91 Å². The van der Waals surface area contributed by atoms with Crippen LogP contribution in [-0.4, -0.2) is 67.9 Å². The van der Waals surface area contributed by atoms with Crippen LogP contribution in [0.4, 0.5) is 0 Å². The number of nitrogens with zero attached hydrogens (tertiary/aromatic N) is 1. The summed E-state index contributed by atoms with van der Waals surface area (Å²) in [5.41, 5.74) is 0.463. The predicted octanol–water partition coefficient (Wildman–Crippen LogP) is 1.64. The van der Waals surface area contributed by atoms with Crippen molar-refractivity contribution in [2.45, 2.75) is 18.9 Å². The van der Waals surface area contributed by atoms with Crippen molar-refractivity contribution in [2.24, 2.45) is 0 Å². The Morgan fingerprint density at radius 1 is 1.36 bits per heavy atom. The summed E-state index contributed by atoms with van der Waals surface area (Å²) in [6.45, 7) is 2.28. The number of carboxylic acids is 1. The molecule has 1 amide bonds. The molecule has 0 aromatic heterocycles. The predicted molar refractivity (Wildman–Crippen MR) is 93.4 cm³/mol. The minimum atomic E-state index is -0.818. The molecule has 0 atom stereocenters. The number of benzene rings is 1. The van der Waals surface area contributed by atoms with Crippen LogP contribution in [0.15, 0.2) is 18.2 Å². The third kappa shape index (κ3) is 6.19. The molecule has 0 bridgehead atoms. The smallest absolute Gasteiger partial charge is 0.317 e. The van der Waals surface area contributed by atoms with E-state index in [1.54, 1.807) is 25.3 Å². The summed E-state index contributed by atoms with van der Waals surface area (Å²) in [5, 5.41) is 11.9. The van der Waals surface area contributed by atoms with Gasteiger partial charge in [-0.25, -0.2) is 0 Å². The topological polar surface area (TPSA) is 88.1 Å². The molecule has 2 N–H and O–H groups in total. The number of nitrogens with one attached hydrogen (secondary N) is 1. The lowest BCUT2D eigenvalue weighted by Gasteiger charge is -2.31. The molecule has 1 aromatic rings. The second-order valence-electron chi connectivity index (χ2n) is 5.88. The number of methoxy groups -OCH3 is 1. The Hall–Kier alpha value is -1.83. The van der Waals surface area contributed by atoms with E-state index >= 15 is 0 Å². The monoisotopic (exact) mass is 370 g/mol. The Kier molecular flexibility index (Phi) is 7.49. The summed E-state index contributed by atoms with van der Waals surface area (Å²) in [6, 6.07) is 4.94. The van der Waals surface area contributed by atoms with Crippen molar-refractivity contribution in [3.05, 3.63) is 28.8 Å². The largest absolute Gasteiger partial charge is 0.489 e. The van der Waals surface area contributed by atoms with Crippen LogP contribution in [-0.2, 0) is 9.53 Å². The third-order valence-corrected chi connectivity index (χ3v) is 4.27. The summed E-state index contributed by atoms with van der Waals surface area (Å²) in [6.07, 6.45) is 1.47. The molecule has 0 aliphatic carbocycles. The van der Waals surface area contributed by atoms with E-state index in [9.17, 15) is 9.59 Å². The normalized spacial score (nSPS) is 15.8. The minimum Gasteiger partial charge on any atom is -0.489 e. The number of halogens is 1. The average Bonchev–Trinajstić information content (AvgIpc) is 2.58. The van der Waals surface area contributed by atoms with Crippen LogP contribution in [0.25, 0.3) is 0 Å². The van der Waals surface area contributed by atoms with E-state index < -0.39 is 5.97 Å². The molecular weight excluding hydrogens is 348 g/mol. The number of carbonyl (C=O) groups is 2. The second-order valence-corrected chi connectivity index (χ2v) is 6.29. The van der Waals surface area contributed by atoms with Gasteiger partial charge in [0.15, 0.2) is 0 Å². The molecule has 25 heavy (non-hydrogen) atoms. The van der Waals surface area contributed by atoms with Crippen molar-refractivity contribution < 1.29 is 24.2 Å². The van der Waals surface area contributed by atoms with E-state index in [1.165, 1.54) is 0 Å². The first-order valence-corrected chi connectivity index (χ1v) is 8.55. The molecule has 1 aliphatic rings. The number of aliphatic carboxylic acids is 1. The van der Waals surface area contributed by atoms with Gasteiger partial charge in [0.05, 0.1) is 18.2 Å². The molecule has 0 radical (unpaired) electrons. The Morgan fingerprint density at radius 3 is 2.68 bits per heavy atom. The highest BCUT2D eigenvalue weighted by molar-refractivity contribution is 6.32. The zero-order valence-corrected chi connectivity index (χ0v) is 14.9. The quantitative estimate of drug-likeness (QED) is 0.676. The van der Waals surface area contributed by atoms with E-state index in [-0.39, 0.29) is 18.6 Å². The maximum absolute atomic E-state index is 12.0. The number of carbonyl (C=O) groups excluding carboxylic acids is 1. The summed E-state index contributed by atoms with van der Waals surface area (Å²) < 4.78 is 10.8. The molecule has 7 nitrogen and oxygen atoms in total. The van der Waals surface area contributed by atoms with Gasteiger partial charge in [0, 0.05) is 32.3 Å². The molecular formula is C17H23ClN2O5. The highest BCUT2D eigenvalue weighted by Crippen LogP contribution is 2.28. The molecule has 0 spiro atoms. The fourth-order valence-electron chi connectivity index (χ4n) is 2.66. The summed E-state index contributed by atoms with van der Waals surface area (Å²) in [4.78, 5) is 24.6. The highest BCUT2D eigenvalue weighted by atomic mass is 35.5. The zero-order chi connectivity index (χ0) is 18.2. The van der Waals surface area contributed by atoms with Gasteiger partial charge < -0.3 is 19.9 Å². The molecule has 1 heterocycles. The Balaban J connectivity index is 1.87. The van der Waals surface area contributed by atoms with Crippen LogP contribution in [0.1, 0.15) is 23.2 Å². The first-order valence-electron chi connectivity index (χ1n) is 8.17. The van der Waals surface area contributed by atoms with E-state index in [1.807, 2.05) is 4.90 Å². The lowest BCUT2D eigenvalue weighted by atomic mass is 10.1. The molecule has 1 fully saturated rings. The zero-order valence-electron chi connectivity index (χ0n) is 14.2. The van der Waals surface area contributed by atoms with E-state index in [0.29, 0.717) is 42.6 Å². The number of piperidine rings is 1. The number of carboxylic acid groups (broad SMARTS) is 1. The van der Waals surface area contributed by atoms with Gasteiger partial charge >= 0.3 is 5.97 Å². The van der Waals surface area contributed by atoms with E-state index in [0.717, 1.165) is 12.8 Å². The molecule has 0 saturated carbocycles. The molecule has 1 aliphatic heterocycles. The first-order chi connectivity index (χ1) is 12.0. The summed E-state index contributed by atoms with van der Waals surface area (Å²) in [5.74, 6) is -0.499. The number of rotatable bonds is 8. The van der Waals surface area contributed by atoms with Crippen LogP contribution >= 0.6 is 11.6 Å². The average molecular weight is 371 g/mol. The Morgan fingerprint density at radius 2 is 2.08 bits per heavy atom. The van der Waals surface area contributed by atoms with Gasteiger partial charge in [-0.3, -0.25) is 14.5 Å². The lowest BCUT2D eigenvalue weighted by Crippen LogP contribution is -2.40. The third-order valence-electron chi connectivity index (χ3n) is 3.97. The number of ether oxygens (including phenoxy) is 2. The molecule has 8 heteroatoms. The SMILES string of the molecule is COCCNC(=O)c1ccc(OC2CCN(CC(=O)O)CC2)c(Cl)c1. The van der Waals surface area contributed by atoms with Crippen molar-refractivity contribution >= 4 is 23.5 Å². The van der Waals surface area contributed by atoms with Crippen molar-refractivity contribution in [2.75, 3.05) is 39.9 Å². The van der Waals surface area contributed by atoms with Crippen LogP contribution < -0.4 is 10.1 Å². The molecule has 1 aromatic carbocycles. The molecule has 2 rings (SSSR count). The van der Waals surface area contributed by atoms with Gasteiger partial charge in [-0.1, -0.05) is 11.6 Å². The fraction of sp³-hybridized carbons (Fsp3) is 0.529. The van der Waals surface area contributed by atoms with E-state index in [2.05, 4.69) is 5.32 Å². The van der Waals surface area contributed by atoms with Gasteiger partial charge in [-0.15, -0.1) is 0 Å². The lowest BCUT2D eigenvalue weighted by molar-refractivity contribution is -0.138. The number of hydrogen-bond acceptors (Lipinski definition) is 5. The highest BCUT2D eigenvalue weighted by Gasteiger charge is 2.22. The van der Waals surface area contributed by atoms with Gasteiger partial charge in [0.2, 0.25) is 0 Å². The number of amides is 1. The van der Waals surface area contributed by atoms with Gasteiger partial charge in [0.1, 0.15) is 11.9 Å². The van der Waals surface area contributed by atoms with Gasteiger partial charge in [-0.05, 0) is 31.0 Å². The van der Waals surface area contributed by atoms with Crippen LogP contribution in [0.2, 0.25) is 5.02 Å². The molecule has 1 saturated heterocycles. The Bertz CT molecular complexity index is 603. The summed E-state index contributed by atoms with van der Waals surface area (Å²) in [7, 11) is 1.57. The van der Waals surface area contributed by atoms with Crippen LogP contribution in [0.5, 0.6) is 5.75 Å². The molecule has 138 valence electrons. The van der Waals surface area contributed by atoms with Crippen LogP contribution in [0, 0.1) is 0 Å². The maximum Gasteiger partial charge on any atom is 0.317 e. The molecule has 0 unspecified atom stereocenters. The Labute approximate surface area is 151 Å². The van der Waals surface area contributed by atoms with Crippen molar-refractivity contribution in [1.82, 2.24) is 10.2 Å². The minimum absolute atomic E-state index is 0.0103. The maximum atomic E-state index is 12.0. The number of hydrogen-bond donors (Lipinski definition) is 2.